The molecule has 3 aliphatic carbocycles. The number of fused-ring (bicyclic) bond motifs is 3. The minimum absolute atomic E-state index is 0.00917. The van der Waals surface area contributed by atoms with E-state index in [1.807, 2.05) is 0 Å². The second kappa shape index (κ2) is 3.48. The van der Waals surface area contributed by atoms with Gasteiger partial charge < -0.3 is 4.74 Å². The summed E-state index contributed by atoms with van der Waals surface area (Å²) in [6.07, 6.45) is 3.37. The highest BCUT2D eigenvalue weighted by Crippen LogP contribution is 2.63. The average molecular weight is 224 g/mol. The first-order chi connectivity index (χ1) is 7.30. The lowest BCUT2D eigenvalue weighted by atomic mass is 9.45. The Labute approximate surface area is 98.7 Å². The van der Waals surface area contributed by atoms with Crippen LogP contribution in [0, 0.1) is 28.6 Å². The Bertz CT molecular complexity index is 308. The zero-order chi connectivity index (χ0) is 12.1. The number of carbonyl (C=O) groups is 1. The van der Waals surface area contributed by atoms with E-state index in [-0.39, 0.29) is 17.3 Å². The van der Waals surface area contributed by atoms with Crippen molar-refractivity contribution >= 4 is 5.97 Å². The van der Waals surface area contributed by atoms with E-state index in [1.165, 1.54) is 13.5 Å². The maximum absolute atomic E-state index is 11.9. The Morgan fingerprint density at radius 3 is 2.38 bits per heavy atom. The molecule has 4 unspecified atom stereocenters. The summed E-state index contributed by atoms with van der Waals surface area (Å²) in [5.74, 6) is 1.56. The lowest BCUT2D eigenvalue weighted by Crippen LogP contribution is -2.54. The molecule has 4 atom stereocenters. The van der Waals surface area contributed by atoms with Crippen LogP contribution in [0.15, 0.2) is 0 Å². The molecule has 3 aliphatic rings. The maximum atomic E-state index is 11.9. The van der Waals surface area contributed by atoms with Crippen LogP contribution in [0.1, 0.15) is 47.0 Å². The number of ether oxygens (including phenoxy) is 1. The molecule has 0 N–H and O–H groups in total. The van der Waals surface area contributed by atoms with Crippen LogP contribution < -0.4 is 0 Å². The Morgan fingerprint density at radius 2 is 1.94 bits per heavy atom. The van der Waals surface area contributed by atoms with Gasteiger partial charge in [-0.15, -0.1) is 0 Å². The van der Waals surface area contributed by atoms with Gasteiger partial charge in [-0.3, -0.25) is 4.79 Å². The van der Waals surface area contributed by atoms with Gasteiger partial charge in [-0.1, -0.05) is 27.7 Å². The van der Waals surface area contributed by atoms with E-state index < -0.39 is 0 Å². The van der Waals surface area contributed by atoms with Crippen LogP contribution in [-0.2, 0) is 9.53 Å². The van der Waals surface area contributed by atoms with Crippen molar-refractivity contribution in [2.24, 2.45) is 28.6 Å². The molecule has 92 valence electrons. The maximum Gasteiger partial charge on any atom is 0.309 e. The molecule has 3 saturated carbocycles. The SMILES string of the molecule is COC(=O)C1CC2C(C)CC1(C)CC2(C)C. The molecular weight excluding hydrogens is 200 g/mol. The molecule has 3 fully saturated rings. The number of hydrogen-bond donors (Lipinski definition) is 0. The molecule has 2 nitrogen and oxygen atoms in total. The summed E-state index contributed by atoms with van der Waals surface area (Å²) in [6, 6.07) is 0. The van der Waals surface area contributed by atoms with Crippen molar-refractivity contribution in [1.29, 1.82) is 0 Å². The van der Waals surface area contributed by atoms with Crippen LogP contribution in [0.4, 0.5) is 0 Å². The van der Waals surface area contributed by atoms with Gasteiger partial charge in [-0.25, -0.2) is 0 Å². The second-order valence-corrected chi connectivity index (χ2v) is 6.92. The Kier molecular flexibility index (Phi) is 2.60. The highest BCUT2D eigenvalue weighted by atomic mass is 16.5. The van der Waals surface area contributed by atoms with Crippen LogP contribution in [0.2, 0.25) is 0 Å². The van der Waals surface area contributed by atoms with Crippen molar-refractivity contribution in [3.05, 3.63) is 0 Å². The fourth-order valence-electron chi connectivity index (χ4n) is 4.77. The predicted molar refractivity (Wildman–Crippen MR) is 63.9 cm³/mol. The molecule has 3 rings (SSSR count). The van der Waals surface area contributed by atoms with E-state index in [1.54, 1.807) is 0 Å². The normalized spacial score (nSPS) is 45.4. The van der Waals surface area contributed by atoms with Crippen LogP contribution in [-0.4, -0.2) is 13.1 Å². The molecule has 0 saturated heterocycles. The van der Waals surface area contributed by atoms with Gasteiger partial charge in [0.05, 0.1) is 13.0 Å². The molecule has 16 heavy (non-hydrogen) atoms. The summed E-state index contributed by atoms with van der Waals surface area (Å²) >= 11 is 0. The van der Waals surface area contributed by atoms with Crippen molar-refractivity contribution in [3.63, 3.8) is 0 Å². The minimum atomic E-state index is 0.00917. The van der Waals surface area contributed by atoms with Crippen molar-refractivity contribution in [3.8, 4) is 0 Å². The fraction of sp³-hybridized carbons (Fsp3) is 0.929. The summed E-state index contributed by atoms with van der Waals surface area (Å²) < 4.78 is 4.97. The first kappa shape index (κ1) is 11.9. The van der Waals surface area contributed by atoms with E-state index >= 15 is 0 Å². The number of methoxy groups -OCH3 is 1. The van der Waals surface area contributed by atoms with Gasteiger partial charge in [0.2, 0.25) is 0 Å². The third-order valence-corrected chi connectivity index (χ3v) is 5.15. The number of carbonyl (C=O) groups excluding carboxylic acids is 1. The summed E-state index contributed by atoms with van der Waals surface area (Å²) in [5.41, 5.74) is 0.543. The van der Waals surface area contributed by atoms with Gasteiger partial charge in [0.15, 0.2) is 0 Å². The molecule has 0 spiro atoms. The van der Waals surface area contributed by atoms with Crippen molar-refractivity contribution in [1.82, 2.24) is 0 Å². The smallest absolute Gasteiger partial charge is 0.309 e. The molecule has 0 aromatic heterocycles. The van der Waals surface area contributed by atoms with Crippen molar-refractivity contribution < 1.29 is 9.53 Å². The monoisotopic (exact) mass is 224 g/mol. The van der Waals surface area contributed by atoms with E-state index in [2.05, 4.69) is 27.7 Å². The highest BCUT2D eigenvalue weighted by molar-refractivity contribution is 5.73. The van der Waals surface area contributed by atoms with Crippen molar-refractivity contribution in [2.45, 2.75) is 47.0 Å². The van der Waals surface area contributed by atoms with Gasteiger partial charge in [0, 0.05) is 0 Å². The Hall–Kier alpha value is -0.530. The van der Waals surface area contributed by atoms with Crippen LogP contribution in [0.25, 0.3) is 0 Å². The summed E-state index contributed by atoms with van der Waals surface area (Å²) in [7, 11) is 1.52. The number of hydrogen-bond acceptors (Lipinski definition) is 2. The minimum Gasteiger partial charge on any atom is -0.469 e. The van der Waals surface area contributed by atoms with Crippen LogP contribution >= 0.6 is 0 Å². The molecule has 0 aromatic rings. The molecule has 0 radical (unpaired) electrons. The molecular formula is C14H24O2. The lowest BCUT2D eigenvalue weighted by molar-refractivity contribution is -0.170. The zero-order valence-corrected chi connectivity index (χ0v) is 11.2. The summed E-state index contributed by atoms with van der Waals surface area (Å²) in [6.45, 7) is 9.34. The molecule has 0 aromatic carbocycles. The topological polar surface area (TPSA) is 26.3 Å². The van der Waals surface area contributed by atoms with E-state index in [0.717, 1.165) is 18.8 Å². The highest BCUT2D eigenvalue weighted by Gasteiger charge is 2.57. The quantitative estimate of drug-likeness (QED) is 0.639. The van der Waals surface area contributed by atoms with Gasteiger partial charge in [0.1, 0.15) is 0 Å². The second-order valence-electron chi connectivity index (χ2n) is 6.92. The van der Waals surface area contributed by atoms with E-state index in [0.29, 0.717) is 11.3 Å². The fourth-order valence-corrected chi connectivity index (χ4v) is 4.77. The molecule has 2 bridgehead atoms. The summed E-state index contributed by atoms with van der Waals surface area (Å²) in [4.78, 5) is 11.9. The van der Waals surface area contributed by atoms with Gasteiger partial charge >= 0.3 is 5.97 Å². The van der Waals surface area contributed by atoms with Gasteiger partial charge in [-0.05, 0) is 41.9 Å². The first-order valence-corrected chi connectivity index (χ1v) is 6.38. The molecule has 0 amide bonds. The largest absolute Gasteiger partial charge is 0.469 e. The van der Waals surface area contributed by atoms with Crippen molar-refractivity contribution in [2.75, 3.05) is 7.11 Å². The first-order valence-electron chi connectivity index (χ1n) is 6.38. The molecule has 2 heteroatoms. The number of esters is 1. The van der Waals surface area contributed by atoms with E-state index in [9.17, 15) is 4.79 Å². The van der Waals surface area contributed by atoms with Gasteiger partial charge in [0.25, 0.3) is 0 Å². The molecule has 0 heterocycles. The third kappa shape index (κ3) is 1.57. The predicted octanol–water partition coefficient (Wildman–Crippen LogP) is 3.26. The van der Waals surface area contributed by atoms with E-state index in [4.69, 9.17) is 4.74 Å². The lowest BCUT2D eigenvalue weighted by Gasteiger charge is -2.60. The Balaban J connectivity index is 2.30. The third-order valence-electron chi connectivity index (χ3n) is 5.15. The van der Waals surface area contributed by atoms with Crippen LogP contribution in [0.3, 0.4) is 0 Å². The standard InChI is InChI=1S/C14H24O2/c1-9-7-14(4)8-13(2,3)10(9)6-11(14)12(15)16-5/h9-11H,6-8H2,1-5H3. The number of rotatable bonds is 1. The Morgan fingerprint density at radius 1 is 1.31 bits per heavy atom. The zero-order valence-electron chi connectivity index (χ0n) is 11.2. The average Bonchev–Trinajstić information content (AvgIpc) is 2.13. The van der Waals surface area contributed by atoms with Gasteiger partial charge in [-0.2, -0.15) is 0 Å². The molecule has 0 aliphatic heterocycles. The van der Waals surface area contributed by atoms with Crippen LogP contribution in [0.5, 0.6) is 0 Å². The summed E-state index contributed by atoms with van der Waals surface area (Å²) in [5, 5.41) is 0.